The highest BCUT2D eigenvalue weighted by Crippen LogP contribution is 2.23. The molecule has 2 N–H and O–H groups in total. The molecule has 0 spiro atoms. The second-order valence-corrected chi connectivity index (χ2v) is 6.98. The molecule has 5 nitrogen and oxygen atoms in total. The van der Waals surface area contributed by atoms with E-state index in [1.165, 1.54) is 18.2 Å². The topological polar surface area (TPSA) is 90.2 Å². The molecule has 1 rings (SSSR count). The Hall–Kier alpha value is -1.13. The fourth-order valence-corrected chi connectivity index (χ4v) is 3.58. The van der Waals surface area contributed by atoms with Gasteiger partial charge < -0.3 is 5.11 Å². The number of hydrogen-bond donors (Lipinski definition) is 2. The summed E-state index contributed by atoms with van der Waals surface area (Å²) in [6, 6.07) is 5.29. The summed E-state index contributed by atoms with van der Waals surface area (Å²) in [4.78, 5) is -0.0969. The van der Waals surface area contributed by atoms with E-state index in [9.17, 15) is 13.5 Å². The van der Waals surface area contributed by atoms with Crippen LogP contribution in [0.25, 0.3) is 0 Å². The summed E-state index contributed by atoms with van der Waals surface area (Å²) >= 11 is 5.89. The van der Waals surface area contributed by atoms with E-state index in [0.717, 1.165) is 0 Å². The van der Waals surface area contributed by atoms with Crippen LogP contribution >= 0.6 is 11.6 Å². The molecule has 0 fully saturated rings. The van der Waals surface area contributed by atoms with Crippen LogP contribution in [0.3, 0.4) is 0 Å². The van der Waals surface area contributed by atoms with Crippen LogP contribution in [-0.2, 0) is 10.0 Å². The van der Waals surface area contributed by atoms with E-state index >= 15 is 0 Å². The zero-order chi connectivity index (χ0) is 15.3. The number of nitriles is 1. The van der Waals surface area contributed by atoms with Gasteiger partial charge in [0.1, 0.15) is 4.90 Å². The number of aliphatic hydroxyl groups is 1. The van der Waals surface area contributed by atoms with Crippen LogP contribution in [0.2, 0.25) is 5.02 Å². The lowest BCUT2D eigenvalue weighted by molar-refractivity contribution is 0.240. The first-order valence-corrected chi connectivity index (χ1v) is 7.99. The average molecular weight is 317 g/mol. The van der Waals surface area contributed by atoms with Crippen LogP contribution in [0.1, 0.15) is 25.8 Å². The van der Waals surface area contributed by atoms with Gasteiger partial charge in [-0.1, -0.05) is 25.4 Å². The van der Waals surface area contributed by atoms with Crippen LogP contribution in [0, 0.1) is 17.2 Å². The lowest BCUT2D eigenvalue weighted by atomic mass is 10.1. The number of nitrogens with zero attached hydrogens (tertiary/aromatic N) is 1. The highest BCUT2D eigenvalue weighted by Gasteiger charge is 2.22. The van der Waals surface area contributed by atoms with Gasteiger partial charge in [-0.05, 0) is 30.5 Å². The van der Waals surface area contributed by atoms with Crippen molar-refractivity contribution in [2.75, 3.05) is 6.61 Å². The minimum Gasteiger partial charge on any atom is -0.395 e. The molecule has 1 aromatic rings. The molecule has 0 aromatic heterocycles. The Kier molecular flexibility index (Phi) is 5.96. The fraction of sp³-hybridized carbons (Fsp3) is 0.462. The van der Waals surface area contributed by atoms with Crippen molar-refractivity contribution < 1.29 is 13.5 Å². The van der Waals surface area contributed by atoms with Crippen molar-refractivity contribution in [3.05, 3.63) is 28.8 Å². The molecular formula is C13H17ClN2O3S. The van der Waals surface area contributed by atoms with Crippen LogP contribution in [0.15, 0.2) is 23.1 Å². The van der Waals surface area contributed by atoms with Crippen molar-refractivity contribution in [2.45, 2.75) is 31.2 Å². The van der Waals surface area contributed by atoms with E-state index < -0.39 is 16.1 Å². The van der Waals surface area contributed by atoms with Crippen LogP contribution in [0.5, 0.6) is 0 Å². The lowest BCUT2D eigenvalue weighted by Crippen LogP contribution is -2.38. The van der Waals surface area contributed by atoms with E-state index in [0.29, 0.717) is 6.42 Å². The predicted octanol–water partition coefficient (Wildman–Crippen LogP) is 1.90. The second-order valence-electron chi connectivity index (χ2n) is 4.89. The third-order valence-electron chi connectivity index (χ3n) is 2.65. The molecule has 110 valence electrons. The number of aliphatic hydroxyl groups excluding tert-OH is 1. The molecule has 0 radical (unpaired) electrons. The summed E-state index contributed by atoms with van der Waals surface area (Å²) in [5.74, 6) is 0.242. The average Bonchev–Trinajstić information content (AvgIpc) is 2.36. The molecule has 7 heteroatoms. The summed E-state index contributed by atoms with van der Waals surface area (Å²) < 4.78 is 26.9. The monoisotopic (exact) mass is 316 g/mol. The fourth-order valence-electron chi connectivity index (χ4n) is 1.80. The van der Waals surface area contributed by atoms with Crippen LogP contribution in [0.4, 0.5) is 0 Å². The molecule has 0 heterocycles. The first-order chi connectivity index (χ1) is 9.30. The number of rotatable bonds is 6. The Balaban J connectivity index is 3.02. The maximum atomic E-state index is 12.2. The van der Waals surface area contributed by atoms with E-state index in [2.05, 4.69) is 4.72 Å². The molecular weight excluding hydrogens is 300 g/mol. The molecule has 20 heavy (non-hydrogen) atoms. The highest BCUT2D eigenvalue weighted by molar-refractivity contribution is 7.89. The predicted molar refractivity (Wildman–Crippen MR) is 76.8 cm³/mol. The highest BCUT2D eigenvalue weighted by atomic mass is 35.5. The Bertz CT molecular complexity index is 609. The van der Waals surface area contributed by atoms with Gasteiger partial charge >= 0.3 is 0 Å². The number of halogens is 1. The largest absolute Gasteiger partial charge is 0.395 e. The van der Waals surface area contributed by atoms with Gasteiger partial charge in [-0.15, -0.1) is 0 Å². The van der Waals surface area contributed by atoms with Gasteiger partial charge in [0.2, 0.25) is 10.0 Å². The second kappa shape index (κ2) is 7.04. The van der Waals surface area contributed by atoms with Gasteiger partial charge in [0, 0.05) is 6.04 Å². The van der Waals surface area contributed by atoms with E-state index in [1.807, 2.05) is 19.9 Å². The van der Waals surface area contributed by atoms with Crippen LogP contribution < -0.4 is 4.72 Å². The quantitative estimate of drug-likeness (QED) is 0.838. The molecule has 0 amide bonds. The van der Waals surface area contributed by atoms with Crippen molar-refractivity contribution in [1.29, 1.82) is 5.26 Å². The summed E-state index contributed by atoms with van der Waals surface area (Å²) in [6.07, 6.45) is 0.517. The van der Waals surface area contributed by atoms with Gasteiger partial charge in [0.15, 0.2) is 0 Å². The SMILES string of the molecule is CC(C)CC(CO)NS(=O)(=O)c1ccc(C#N)cc1Cl. The number of hydrogen-bond acceptors (Lipinski definition) is 4. The Morgan fingerprint density at radius 2 is 2.10 bits per heavy atom. The molecule has 1 atom stereocenters. The van der Waals surface area contributed by atoms with Crippen LogP contribution in [-0.4, -0.2) is 26.2 Å². The standard InChI is InChI=1S/C13H17ClN2O3S/c1-9(2)5-11(8-17)16-20(18,19)13-4-3-10(7-15)6-12(13)14/h3-4,6,9,11,16-17H,5,8H2,1-2H3. The minimum atomic E-state index is -3.82. The molecule has 0 bridgehead atoms. The van der Waals surface area contributed by atoms with E-state index in [-0.39, 0.29) is 28.0 Å². The smallest absolute Gasteiger partial charge is 0.242 e. The van der Waals surface area contributed by atoms with Crippen molar-refractivity contribution in [1.82, 2.24) is 4.72 Å². The molecule has 0 aliphatic heterocycles. The summed E-state index contributed by atoms with van der Waals surface area (Å²) in [6.45, 7) is 3.59. The Labute approximate surface area is 124 Å². The normalized spacial score (nSPS) is 13.2. The van der Waals surface area contributed by atoms with Crippen molar-refractivity contribution >= 4 is 21.6 Å². The minimum absolute atomic E-state index is 0.0159. The molecule has 0 aliphatic carbocycles. The molecule has 1 aromatic carbocycles. The summed E-state index contributed by atoms with van der Waals surface area (Å²) in [5.41, 5.74) is 0.287. The summed E-state index contributed by atoms with van der Waals surface area (Å²) in [5, 5.41) is 17.9. The Morgan fingerprint density at radius 3 is 2.55 bits per heavy atom. The molecule has 0 saturated heterocycles. The van der Waals surface area contributed by atoms with Gasteiger partial charge in [0.05, 0.1) is 23.3 Å². The first kappa shape index (κ1) is 16.9. The zero-order valence-electron chi connectivity index (χ0n) is 11.3. The van der Waals surface area contributed by atoms with Crippen molar-refractivity contribution in [3.63, 3.8) is 0 Å². The third kappa shape index (κ3) is 4.46. The third-order valence-corrected chi connectivity index (χ3v) is 4.65. The number of benzene rings is 1. The van der Waals surface area contributed by atoms with Gasteiger partial charge in [-0.2, -0.15) is 5.26 Å². The zero-order valence-corrected chi connectivity index (χ0v) is 12.9. The van der Waals surface area contributed by atoms with Gasteiger partial charge in [-0.3, -0.25) is 0 Å². The number of sulfonamides is 1. The van der Waals surface area contributed by atoms with Crippen molar-refractivity contribution in [3.8, 4) is 6.07 Å². The van der Waals surface area contributed by atoms with Gasteiger partial charge in [-0.25, -0.2) is 13.1 Å². The Morgan fingerprint density at radius 1 is 1.45 bits per heavy atom. The molecule has 1 unspecified atom stereocenters. The lowest BCUT2D eigenvalue weighted by Gasteiger charge is -2.18. The number of nitrogens with one attached hydrogen (secondary N) is 1. The molecule has 0 aliphatic rings. The first-order valence-electron chi connectivity index (χ1n) is 6.13. The van der Waals surface area contributed by atoms with E-state index in [4.69, 9.17) is 16.9 Å². The van der Waals surface area contributed by atoms with E-state index in [1.54, 1.807) is 0 Å². The summed E-state index contributed by atoms with van der Waals surface area (Å²) in [7, 11) is -3.82. The molecule has 0 saturated carbocycles. The van der Waals surface area contributed by atoms with Gasteiger partial charge in [0.25, 0.3) is 0 Å². The maximum absolute atomic E-state index is 12.2. The maximum Gasteiger partial charge on any atom is 0.242 e. The van der Waals surface area contributed by atoms with Crippen molar-refractivity contribution in [2.24, 2.45) is 5.92 Å².